The second-order valence-electron chi connectivity index (χ2n) is 3.41. The molecule has 2 N–H and O–H groups in total. The summed E-state index contributed by atoms with van der Waals surface area (Å²) in [6, 6.07) is 2.20. The summed E-state index contributed by atoms with van der Waals surface area (Å²) in [5, 5.41) is 14.4. The van der Waals surface area contributed by atoms with Gasteiger partial charge in [-0.15, -0.1) is 16.2 Å². The minimum absolute atomic E-state index is 0.0646. The number of rotatable bonds is 2. The molecule has 98 valence electrons. The molecule has 0 radical (unpaired) electrons. The zero-order valence-corrected chi connectivity index (χ0v) is 10.6. The summed E-state index contributed by atoms with van der Waals surface area (Å²) in [6.07, 6.45) is 0. The van der Waals surface area contributed by atoms with E-state index in [1.165, 1.54) is 18.4 Å². The van der Waals surface area contributed by atoms with Crippen molar-refractivity contribution in [1.29, 1.82) is 5.41 Å². The van der Waals surface area contributed by atoms with Gasteiger partial charge in [-0.05, 0) is 16.6 Å². The van der Waals surface area contributed by atoms with Gasteiger partial charge in [0.05, 0.1) is 12.0 Å². The molecule has 2 rings (SSSR count). The molecule has 1 aromatic rings. The third-order valence-electron chi connectivity index (χ3n) is 2.24. The Kier molecular flexibility index (Phi) is 3.76. The van der Waals surface area contributed by atoms with Crippen molar-refractivity contribution in [2.24, 2.45) is 15.2 Å². The van der Waals surface area contributed by atoms with Crippen LogP contribution >= 0.6 is 11.3 Å². The van der Waals surface area contributed by atoms with Crippen molar-refractivity contribution in [3.05, 3.63) is 27.3 Å². The highest BCUT2D eigenvalue weighted by Gasteiger charge is 2.30. The van der Waals surface area contributed by atoms with Gasteiger partial charge in [0.25, 0.3) is 5.91 Å². The number of carbonyl (C=O) groups excluding carboxylic acids is 1. The van der Waals surface area contributed by atoms with Gasteiger partial charge in [0.15, 0.2) is 5.84 Å². The number of nitrogens with one attached hydrogen (secondary N) is 2. The van der Waals surface area contributed by atoms with Gasteiger partial charge >= 0.3 is 0 Å². The van der Waals surface area contributed by atoms with Gasteiger partial charge in [0.2, 0.25) is 17.9 Å². The number of nitrogens with zero attached hydrogens (tertiary/aromatic N) is 3. The van der Waals surface area contributed by atoms with Gasteiger partial charge < -0.3 is 10.1 Å². The largest absolute Gasteiger partial charge is 0.482 e. The number of methoxy groups -OCH3 is 1. The molecule has 0 saturated heterocycles. The van der Waals surface area contributed by atoms with E-state index in [1.807, 2.05) is 0 Å². The van der Waals surface area contributed by atoms with E-state index < -0.39 is 11.9 Å². The summed E-state index contributed by atoms with van der Waals surface area (Å²) < 4.78 is 4.85. The third kappa shape index (κ3) is 2.71. The van der Waals surface area contributed by atoms with Gasteiger partial charge in [-0.25, -0.2) is 0 Å². The normalized spacial score (nSPS) is 18.4. The quantitative estimate of drug-likeness (QED) is 0.786. The molecule has 1 unspecified atom stereocenters. The van der Waals surface area contributed by atoms with Gasteiger partial charge in [-0.3, -0.25) is 10.2 Å². The average molecular weight is 279 g/mol. The highest BCUT2D eigenvalue weighted by molar-refractivity contribution is 7.12. The molecule has 19 heavy (non-hydrogen) atoms. The predicted octanol–water partition coefficient (Wildman–Crippen LogP) is 1.00. The molecule has 0 spiro atoms. The highest BCUT2D eigenvalue weighted by atomic mass is 32.1. The van der Waals surface area contributed by atoms with Crippen LogP contribution in [0.4, 0.5) is 0 Å². The highest BCUT2D eigenvalue weighted by Crippen LogP contribution is 2.10. The fourth-order valence-corrected chi connectivity index (χ4v) is 2.04. The predicted molar refractivity (Wildman–Crippen MR) is 71.0 cm³/mol. The van der Waals surface area contributed by atoms with Crippen LogP contribution in [0, 0.1) is 10.3 Å². The van der Waals surface area contributed by atoms with E-state index in [0.29, 0.717) is 4.88 Å². The first-order valence-corrected chi connectivity index (χ1v) is 6.00. The van der Waals surface area contributed by atoms with Crippen LogP contribution in [0.1, 0.15) is 9.67 Å². The number of ether oxygens (including phenoxy) is 1. The molecular weight excluding hydrogens is 270 g/mol. The minimum atomic E-state index is -1.15. The van der Waals surface area contributed by atoms with Crippen molar-refractivity contribution in [3.63, 3.8) is 0 Å². The Hall–Kier alpha value is -2.42. The van der Waals surface area contributed by atoms with E-state index in [2.05, 4.69) is 20.5 Å². The van der Waals surface area contributed by atoms with Crippen LogP contribution in [0.5, 0.6) is 0 Å². The first-order chi connectivity index (χ1) is 9.15. The number of amides is 1. The Morgan fingerprint density at radius 1 is 1.58 bits per heavy atom. The van der Waals surface area contributed by atoms with Gasteiger partial charge in [-0.2, -0.15) is 9.98 Å². The first-order valence-electron chi connectivity index (χ1n) is 5.12. The topological polar surface area (TPSA) is 116 Å². The zero-order chi connectivity index (χ0) is 13.8. The van der Waals surface area contributed by atoms with E-state index >= 15 is 0 Å². The lowest BCUT2D eigenvalue weighted by molar-refractivity contribution is 0.0980. The standard InChI is InChI=1S/C10H9N5O3S/c1-18-9-6(15-17)7(13-10(11)14-9)12-8(16)5-3-2-4-19-5/h2-4,6H,1H3,(H2,11,12,13,16). The molecule has 0 aliphatic carbocycles. The molecular formula is C10H9N5O3S. The van der Waals surface area contributed by atoms with Crippen molar-refractivity contribution < 1.29 is 9.53 Å². The molecule has 8 nitrogen and oxygen atoms in total. The molecule has 1 amide bonds. The molecule has 1 atom stereocenters. The van der Waals surface area contributed by atoms with Crippen LogP contribution in [0.3, 0.4) is 0 Å². The molecule has 0 aromatic carbocycles. The second-order valence-corrected chi connectivity index (χ2v) is 4.36. The summed E-state index contributed by atoms with van der Waals surface area (Å²) in [6.45, 7) is 0. The molecule has 0 saturated carbocycles. The van der Waals surface area contributed by atoms with Crippen molar-refractivity contribution in [1.82, 2.24) is 5.32 Å². The Labute approximate surface area is 111 Å². The van der Waals surface area contributed by atoms with Gasteiger partial charge in [0.1, 0.15) is 0 Å². The Morgan fingerprint density at radius 2 is 2.37 bits per heavy atom. The molecule has 9 heteroatoms. The fourth-order valence-electron chi connectivity index (χ4n) is 1.42. The summed E-state index contributed by atoms with van der Waals surface area (Å²) in [7, 11) is 1.30. The molecule has 1 aliphatic rings. The summed E-state index contributed by atoms with van der Waals surface area (Å²) in [5.74, 6) is -0.924. The smallest absolute Gasteiger partial charge is 0.266 e. The van der Waals surface area contributed by atoms with Crippen molar-refractivity contribution in [3.8, 4) is 0 Å². The molecule has 0 fully saturated rings. The number of carbonyl (C=O) groups is 1. The summed E-state index contributed by atoms with van der Waals surface area (Å²) >= 11 is 1.24. The van der Waals surface area contributed by atoms with E-state index in [0.717, 1.165) is 0 Å². The maximum absolute atomic E-state index is 11.9. The van der Waals surface area contributed by atoms with Crippen LogP contribution in [0.25, 0.3) is 0 Å². The number of thiophene rings is 1. The number of nitroso groups, excluding NO2 is 1. The second kappa shape index (κ2) is 5.48. The Balaban J connectivity index is 2.21. The lowest BCUT2D eigenvalue weighted by atomic mass is 10.2. The molecule has 2 heterocycles. The monoisotopic (exact) mass is 279 g/mol. The van der Waals surface area contributed by atoms with Crippen LogP contribution in [-0.4, -0.2) is 36.8 Å². The maximum Gasteiger partial charge on any atom is 0.266 e. The van der Waals surface area contributed by atoms with Gasteiger partial charge in [0, 0.05) is 0 Å². The molecule has 1 aromatic heterocycles. The van der Waals surface area contributed by atoms with Crippen LogP contribution in [-0.2, 0) is 4.74 Å². The lowest BCUT2D eigenvalue weighted by Crippen LogP contribution is -2.44. The Bertz CT molecular complexity index is 578. The fraction of sp³-hybridized carbons (Fsp3) is 0.200. The van der Waals surface area contributed by atoms with E-state index in [1.54, 1.807) is 17.5 Å². The van der Waals surface area contributed by atoms with E-state index in [-0.39, 0.29) is 17.7 Å². The first kappa shape index (κ1) is 13.0. The lowest BCUT2D eigenvalue weighted by Gasteiger charge is -2.17. The Morgan fingerprint density at radius 3 is 2.95 bits per heavy atom. The molecule has 0 bridgehead atoms. The third-order valence-corrected chi connectivity index (χ3v) is 3.11. The summed E-state index contributed by atoms with van der Waals surface area (Å²) in [4.78, 5) is 30.4. The van der Waals surface area contributed by atoms with Gasteiger partial charge in [-0.1, -0.05) is 6.07 Å². The maximum atomic E-state index is 11.9. The average Bonchev–Trinajstić information content (AvgIpc) is 2.92. The number of aliphatic imine (C=N–C) groups is 2. The van der Waals surface area contributed by atoms with Crippen LogP contribution in [0.2, 0.25) is 0 Å². The van der Waals surface area contributed by atoms with E-state index in [4.69, 9.17) is 10.1 Å². The van der Waals surface area contributed by atoms with Crippen LogP contribution < -0.4 is 5.32 Å². The van der Waals surface area contributed by atoms with Crippen molar-refractivity contribution in [2.45, 2.75) is 6.04 Å². The minimum Gasteiger partial charge on any atom is -0.482 e. The molecule has 1 aliphatic heterocycles. The number of hydrogen-bond acceptors (Lipinski definition) is 6. The number of guanidine groups is 1. The zero-order valence-electron chi connectivity index (χ0n) is 9.78. The van der Waals surface area contributed by atoms with Crippen molar-refractivity contribution >= 4 is 34.9 Å². The van der Waals surface area contributed by atoms with Crippen molar-refractivity contribution in [2.75, 3.05) is 7.11 Å². The van der Waals surface area contributed by atoms with Crippen LogP contribution in [0.15, 0.2) is 32.7 Å². The van der Waals surface area contributed by atoms with E-state index in [9.17, 15) is 9.70 Å². The number of amidine groups is 1. The summed E-state index contributed by atoms with van der Waals surface area (Å²) in [5.41, 5.74) is 0. The number of hydrogen-bond donors (Lipinski definition) is 2. The SMILES string of the molecule is COC1=NC(=N)N=C(NC(=O)c2cccs2)C1N=O.